The Hall–Kier alpha value is -1.25. The van der Waals surface area contributed by atoms with Gasteiger partial charge in [0.25, 0.3) is 0 Å². The standard InChI is InChI=1S/C11H14BF3O4/c1-8-6-9(2-3-10(8)12(16)17)19-5-4-18-7-11(13,14)15/h2-3,6,16-17H,4-5,7H2,1H3. The van der Waals surface area contributed by atoms with E-state index in [2.05, 4.69) is 4.74 Å². The topological polar surface area (TPSA) is 58.9 Å². The Balaban J connectivity index is 2.36. The van der Waals surface area contributed by atoms with Gasteiger partial charge in [-0.25, -0.2) is 0 Å². The van der Waals surface area contributed by atoms with Gasteiger partial charge in [-0.15, -0.1) is 0 Å². The summed E-state index contributed by atoms with van der Waals surface area (Å²) >= 11 is 0. The molecule has 1 aromatic rings. The highest BCUT2D eigenvalue weighted by molar-refractivity contribution is 6.59. The predicted molar refractivity (Wildman–Crippen MR) is 63.4 cm³/mol. The summed E-state index contributed by atoms with van der Waals surface area (Å²) in [5.74, 6) is 0.428. The highest BCUT2D eigenvalue weighted by Crippen LogP contribution is 2.14. The third kappa shape index (κ3) is 5.95. The van der Waals surface area contributed by atoms with Crippen molar-refractivity contribution in [3.8, 4) is 5.75 Å². The molecule has 0 bridgehead atoms. The minimum Gasteiger partial charge on any atom is -0.491 e. The van der Waals surface area contributed by atoms with Crippen molar-refractivity contribution in [2.45, 2.75) is 13.1 Å². The van der Waals surface area contributed by atoms with Crippen molar-refractivity contribution in [2.24, 2.45) is 0 Å². The zero-order chi connectivity index (χ0) is 14.5. The molecule has 0 aromatic heterocycles. The lowest BCUT2D eigenvalue weighted by Gasteiger charge is -2.11. The van der Waals surface area contributed by atoms with Gasteiger partial charge in [0.15, 0.2) is 0 Å². The smallest absolute Gasteiger partial charge is 0.488 e. The Kier molecular flexibility index (Phi) is 5.65. The van der Waals surface area contributed by atoms with Gasteiger partial charge >= 0.3 is 13.3 Å². The largest absolute Gasteiger partial charge is 0.491 e. The van der Waals surface area contributed by atoms with Crippen LogP contribution < -0.4 is 10.2 Å². The van der Waals surface area contributed by atoms with Crippen molar-refractivity contribution in [1.82, 2.24) is 0 Å². The molecule has 19 heavy (non-hydrogen) atoms. The first-order valence-corrected chi connectivity index (χ1v) is 5.53. The summed E-state index contributed by atoms with van der Waals surface area (Å²) in [5.41, 5.74) is 0.962. The molecule has 0 amide bonds. The first kappa shape index (κ1) is 15.8. The van der Waals surface area contributed by atoms with E-state index in [0.29, 0.717) is 16.8 Å². The van der Waals surface area contributed by atoms with Gasteiger partial charge in [0.2, 0.25) is 0 Å². The Morgan fingerprint density at radius 3 is 2.42 bits per heavy atom. The van der Waals surface area contributed by atoms with E-state index in [4.69, 9.17) is 14.8 Å². The summed E-state index contributed by atoms with van der Waals surface area (Å²) < 4.78 is 44.9. The number of hydrogen-bond acceptors (Lipinski definition) is 4. The molecule has 0 atom stereocenters. The third-order valence-corrected chi connectivity index (χ3v) is 2.28. The molecule has 0 aliphatic heterocycles. The van der Waals surface area contributed by atoms with Gasteiger partial charge < -0.3 is 19.5 Å². The van der Waals surface area contributed by atoms with E-state index in [1.807, 2.05) is 0 Å². The average molecular weight is 278 g/mol. The molecule has 0 aliphatic rings. The van der Waals surface area contributed by atoms with E-state index >= 15 is 0 Å². The van der Waals surface area contributed by atoms with Crippen LogP contribution in [0.15, 0.2) is 18.2 Å². The minimum absolute atomic E-state index is 0.0173. The van der Waals surface area contributed by atoms with Crippen molar-refractivity contribution in [1.29, 1.82) is 0 Å². The summed E-state index contributed by atoms with van der Waals surface area (Å²) in [6, 6.07) is 4.55. The molecule has 106 valence electrons. The number of halogens is 3. The summed E-state index contributed by atoms with van der Waals surface area (Å²) in [7, 11) is -1.57. The monoisotopic (exact) mass is 278 g/mol. The van der Waals surface area contributed by atoms with Crippen LogP contribution in [-0.2, 0) is 4.74 Å². The summed E-state index contributed by atoms with van der Waals surface area (Å²) in [6.07, 6.45) is -4.34. The molecule has 0 spiro atoms. The van der Waals surface area contributed by atoms with Gasteiger partial charge in [-0.2, -0.15) is 13.2 Å². The van der Waals surface area contributed by atoms with Crippen LogP contribution in [0, 0.1) is 6.92 Å². The number of rotatable bonds is 6. The maximum absolute atomic E-state index is 11.8. The highest BCUT2D eigenvalue weighted by Gasteiger charge is 2.27. The second-order valence-corrected chi connectivity index (χ2v) is 3.91. The Morgan fingerprint density at radius 2 is 1.89 bits per heavy atom. The molecule has 0 radical (unpaired) electrons. The van der Waals surface area contributed by atoms with Crippen molar-refractivity contribution < 1.29 is 32.7 Å². The van der Waals surface area contributed by atoms with E-state index in [1.54, 1.807) is 13.0 Å². The average Bonchev–Trinajstić information content (AvgIpc) is 2.26. The molecule has 0 saturated carbocycles. The lowest BCUT2D eigenvalue weighted by molar-refractivity contribution is -0.175. The second kappa shape index (κ2) is 6.79. The fourth-order valence-corrected chi connectivity index (χ4v) is 1.43. The van der Waals surface area contributed by atoms with Crippen LogP contribution in [0.3, 0.4) is 0 Å². The van der Waals surface area contributed by atoms with E-state index < -0.39 is 19.9 Å². The zero-order valence-electron chi connectivity index (χ0n) is 10.3. The van der Waals surface area contributed by atoms with E-state index in [9.17, 15) is 13.2 Å². The summed E-state index contributed by atoms with van der Waals surface area (Å²) in [6.45, 7) is 0.173. The van der Waals surface area contributed by atoms with E-state index in [-0.39, 0.29) is 13.2 Å². The number of ether oxygens (including phenoxy) is 2. The first-order chi connectivity index (χ1) is 8.79. The van der Waals surface area contributed by atoms with Gasteiger partial charge in [-0.1, -0.05) is 6.07 Å². The normalized spacial score (nSPS) is 11.5. The molecule has 1 aromatic carbocycles. The maximum atomic E-state index is 11.8. The van der Waals surface area contributed by atoms with Crippen LogP contribution >= 0.6 is 0 Å². The first-order valence-electron chi connectivity index (χ1n) is 5.53. The molecule has 1 rings (SSSR count). The number of aryl methyl sites for hydroxylation is 1. The van der Waals surface area contributed by atoms with Crippen molar-refractivity contribution >= 4 is 12.6 Å². The molecule has 0 unspecified atom stereocenters. The maximum Gasteiger partial charge on any atom is 0.488 e. The number of benzene rings is 1. The lowest BCUT2D eigenvalue weighted by Crippen LogP contribution is -2.31. The second-order valence-electron chi connectivity index (χ2n) is 3.91. The molecule has 4 nitrogen and oxygen atoms in total. The fraction of sp³-hybridized carbons (Fsp3) is 0.455. The molecule has 0 fully saturated rings. The predicted octanol–water partition coefficient (Wildman–Crippen LogP) is 0.633. The molecule has 8 heteroatoms. The van der Waals surface area contributed by atoms with Gasteiger partial charge in [0, 0.05) is 0 Å². The Bertz CT molecular complexity index is 409. The highest BCUT2D eigenvalue weighted by atomic mass is 19.4. The minimum atomic E-state index is -4.34. The van der Waals surface area contributed by atoms with Crippen LogP contribution in [0.5, 0.6) is 5.75 Å². The lowest BCUT2D eigenvalue weighted by atomic mass is 9.77. The van der Waals surface area contributed by atoms with Crippen molar-refractivity contribution in [2.75, 3.05) is 19.8 Å². The quantitative estimate of drug-likeness (QED) is 0.592. The molecule has 2 N–H and O–H groups in total. The third-order valence-electron chi connectivity index (χ3n) is 2.28. The van der Waals surface area contributed by atoms with Gasteiger partial charge in [0.05, 0.1) is 6.61 Å². The molecular formula is C11H14BF3O4. The van der Waals surface area contributed by atoms with Gasteiger partial charge in [0.1, 0.15) is 19.0 Å². The van der Waals surface area contributed by atoms with Crippen molar-refractivity contribution in [3.05, 3.63) is 23.8 Å². The molecule has 0 aliphatic carbocycles. The summed E-state index contributed by atoms with van der Waals surface area (Å²) in [4.78, 5) is 0. The number of hydrogen-bond donors (Lipinski definition) is 2. The molecular weight excluding hydrogens is 264 g/mol. The van der Waals surface area contributed by atoms with Gasteiger partial charge in [-0.05, 0) is 30.1 Å². The molecule has 0 saturated heterocycles. The van der Waals surface area contributed by atoms with Crippen LogP contribution in [0.25, 0.3) is 0 Å². The Morgan fingerprint density at radius 1 is 1.21 bits per heavy atom. The van der Waals surface area contributed by atoms with Crippen LogP contribution in [0.1, 0.15) is 5.56 Å². The fourth-order valence-electron chi connectivity index (χ4n) is 1.43. The van der Waals surface area contributed by atoms with E-state index in [1.165, 1.54) is 12.1 Å². The van der Waals surface area contributed by atoms with Gasteiger partial charge in [-0.3, -0.25) is 0 Å². The molecule has 0 heterocycles. The zero-order valence-corrected chi connectivity index (χ0v) is 10.3. The summed E-state index contributed by atoms with van der Waals surface area (Å²) in [5, 5.41) is 18.0. The number of alkyl halides is 3. The SMILES string of the molecule is Cc1cc(OCCOCC(F)(F)F)ccc1B(O)O. The Labute approximate surface area is 108 Å². The van der Waals surface area contributed by atoms with Crippen LogP contribution in [-0.4, -0.2) is 43.2 Å². The van der Waals surface area contributed by atoms with Crippen LogP contribution in [0.4, 0.5) is 13.2 Å². The van der Waals surface area contributed by atoms with Crippen molar-refractivity contribution in [3.63, 3.8) is 0 Å². The van der Waals surface area contributed by atoms with E-state index in [0.717, 1.165) is 0 Å². The van der Waals surface area contributed by atoms with Crippen LogP contribution in [0.2, 0.25) is 0 Å².